The molecule has 0 unspecified atom stereocenters. The third-order valence-corrected chi connectivity index (χ3v) is 5.32. The molecule has 0 radical (unpaired) electrons. The zero-order chi connectivity index (χ0) is 13.2. The summed E-state index contributed by atoms with van der Waals surface area (Å²) in [6.07, 6.45) is 1.65. The molecule has 2 heterocycles. The fraction of sp³-hybridized carbons (Fsp3) is 0.143. The first-order chi connectivity index (χ1) is 9.24. The maximum Gasteiger partial charge on any atom is 0.118 e. The molecule has 0 aliphatic rings. The van der Waals surface area contributed by atoms with E-state index >= 15 is 0 Å². The minimum absolute atomic E-state index is 0.770. The van der Waals surface area contributed by atoms with Crippen LogP contribution in [0.4, 0.5) is 0 Å². The van der Waals surface area contributed by atoms with Gasteiger partial charge >= 0.3 is 0 Å². The van der Waals surface area contributed by atoms with Gasteiger partial charge in [-0.1, -0.05) is 23.7 Å². The average molecular weight is 307 g/mol. The van der Waals surface area contributed by atoms with Gasteiger partial charge < -0.3 is 0 Å². The van der Waals surface area contributed by atoms with E-state index in [1.165, 1.54) is 15.8 Å². The topological polar surface area (TPSA) is 25.8 Å². The van der Waals surface area contributed by atoms with Crippen molar-refractivity contribution in [3.8, 4) is 0 Å². The highest BCUT2D eigenvalue weighted by atomic mass is 35.5. The normalized spacial score (nSPS) is 11.1. The number of fused-ring (bicyclic) bond motifs is 1. The molecule has 3 aromatic rings. The summed E-state index contributed by atoms with van der Waals surface area (Å²) in [6.45, 7) is 2.08. The molecule has 0 atom stereocenters. The van der Waals surface area contributed by atoms with Crippen LogP contribution < -0.4 is 0 Å². The molecule has 5 heteroatoms. The molecule has 0 amide bonds. The van der Waals surface area contributed by atoms with Crippen molar-refractivity contribution >= 4 is 44.9 Å². The smallest absolute Gasteiger partial charge is 0.118 e. The number of halogens is 1. The Kier molecular flexibility index (Phi) is 3.73. The maximum absolute atomic E-state index is 5.88. The Hall–Kier alpha value is -1.10. The Bertz CT molecular complexity index is 707. The first kappa shape index (κ1) is 12.9. The van der Waals surface area contributed by atoms with Crippen molar-refractivity contribution in [3.05, 3.63) is 52.1 Å². The van der Waals surface area contributed by atoms with E-state index < -0.39 is 0 Å². The zero-order valence-electron chi connectivity index (χ0n) is 10.3. The van der Waals surface area contributed by atoms with E-state index in [4.69, 9.17) is 11.6 Å². The van der Waals surface area contributed by atoms with Crippen LogP contribution in [-0.4, -0.2) is 9.97 Å². The second-order valence-electron chi connectivity index (χ2n) is 4.19. The van der Waals surface area contributed by atoms with Crippen LogP contribution in [-0.2, 0) is 5.75 Å². The van der Waals surface area contributed by atoms with Gasteiger partial charge in [0, 0.05) is 10.8 Å². The molecule has 19 heavy (non-hydrogen) atoms. The Balaban J connectivity index is 1.83. The molecule has 2 nitrogen and oxygen atoms in total. The number of aromatic nitrogens is 2. The molecule has 96 valence electrons. The molecule has 1 aromatic carbocycles. The molecule has 0 bridgehead atoms. The average Bonchev–Trinajstić information content (AvgIpc) is 2.81. The van der Waals surface area contributed by atoms with Crippen molar-refractivity contribution in [2.24, 2.45) is 0 Å². The van der Waals surface area contributed by atoms with Crippen molar-refractivity contribution in [3.63, 3.8) is 0 Å². The van der Waals surface area contributed by atoms with Crippen molar-refractivity contribution in [2.75, 3.05) is 0 Å². The Morgan fingerprint density at radius 1 is 1.21 bits per heavy atom. The molecule has 0 saturated carbocycles. The lowest BCUT2D eigenvalue weighted by Gasteiger charge is -2.02. The van der Waals surface area contributed by atoms with E-state index in [1.54, 1.807) is 29.4 Å². The number of aryl methyl sites for hydroxylation is 1. The van der Waals surface area contributed by atoms with Gasteiger partial charge in [0.1, 0.15) is 11.4 Å². The van der Waals surface area contributed by atoms with Crippen LogP contribution in [0.5, 0.6) is 0 Å². The van der Waals surface area contributed by atoms with Gasteiger partial charge in [-0.3, -0.25) is 0 Å². The van der Waals surface area contributed by atoms with Crippen molar-refractivity contribution in [1.29, 1.82) is 0 Å². The second-order valence-corrected chi connectivity index (χ2v) is 6.47. The van der Waals surface area contributed by atoms with Crippen LogP contribution in [0.15, 0.2) is 41.0 Å². The van der Waals surface area contributed by atoms with Crippen LogP contribution in [0.3, 0.4) is 0 Å². The van der Waals surface area contributed by atoms with Crippen LogP contribution in [0, 0.1) is 6.92 Å². The Labute approximate surface area is 124 Å². The maximum atomic E-state index is 5.88. The van der Waals surface area contributed by atoms with Gasteiger partial charge in [0.05, 0.1) is 10.2 Å². The van der Waals surface area contributed by atoms with Crippen molar-refractivity contribution in [2.45, 2.75) is 17.7 Å². The number of hydrogen-bond donors (Lipinski definition) is 0. The standard InChI is InChI=1S/C14H11ClN2S2/c1-9-6-18-13-12(9)16-8-17-14(13)19-7-10-2-4-11(15)5-3-10/h2-6,8H,7H2,1H3. The minimum Gasteiger partial charge on any atom is -0.235 e. The first-order valence-corrected chi connectivity index (χ1v) is 8.04. The van der Waals surface area contributed by atoms with Gasteiger partial charge in [-0.05, 0) is 35.6 Å². The predicted octanol–water partition coefficient (Wildman–Crippen LogP) is 4.95. The van der Waals surface area contributed by atoms with Crippen LogP contribution in [0.1, 0.15) is 11.1 Å². The molecule has 0 aliphatic carbocycles. The summed E-state index contributed by atoms with van der Waals surface area (Å²) in [5.74, 6) is 0.889. The summed E-state index contributed by atoms with van der Waals surface area (Å²) in [5.41, 5.74) is 3.53. The molecule has 0 N–H and O–H groups in total. The predicted molar refractivity (Wildman–Crippen MR) is 83.2 cm³/mol. The number of thiophene rings is 1. The van der Waals surface area contributed by atoms with Gasteiger partial charge in [0.2, 0.25) is 0 Å². The number of benzene rings is 1. The minimum atomic E-state index is 0.770. The number of nitrogens with zero attached hydrogens (tertiary/aromatic N) is 2. The lowest BCUT2D eigenvalue weighted by atomic mass is 10.2. The van der Waals surface area contributed by atoms with E-state index in [9.17, 15) is 0 Å². The van der Waals surface area contributed by atoms with Gasteiger partial charge in [-0.15, -0.1) is 23.1 Å². The molecular formula is C14H11ClN2S2. The largest absolute Gasteiger partial charge is 0.235 e. The molecule has 0 saturated heterocycles. The van der Waals surface area contributed by atoms with Gasteiger partial charge in [-0.25, -0.2) is 9.97 Å². The number of thioether (sulfide) groups is 1. The fourth-order valence-electron chi connectivity index (χ4n) is 1.78. The third kappa shape index (κ3) is 2.76. The third-order valence-electron chi connectivity index (χ3n) is 2.79. The van der Waals surface area contributed by atoms with Crippen molar-refractivity contribution < 1.29 is 0 Å². The first-order valence-electron chi connectivity index (χ1n) is 5.80. The highest BCUT2D eigenvalue weighted by molar-refractivity contribution is 7.98. The summed E-state index contributed by atoms with van der Waals surface area (Å²) in [4.78, 5) is 8.73. The van der Waals surface area contributed by atoms with E-state index in [1.807, 2.05) is 24.3 Å². The zero-order valence-corrected chi connectivity index (χ0v) is 12.6. The lowest BCUT2D eigenvalue weighted by Crippen LogP contribution is -1.86. The van der Waals surface area contributed by atoms with Gasteiger partial charge in [0.15, 0.2) is 0 Å². The monoisotopic (exact) mass is 306 g/mol. The summed E-state index contributed by atoms with van der Waals surface area (Å²) in [7, 11) is 0. The fourth-order valence-corrected chi connectivity index (χ4v) is 3.96. The molecule has 0 aliphatic heterocycles. The van der Waals surface area contributed by atoms with Crippen LogP contribution in [0.25, 0.3) is 10.2 Å². The molecule has 2 aromatic heterocycles. The van der Waals surface area contributed by atoms with E-state index in [2.05, 4.69) is 22.3 Å². The quantitative estimate of drug-likeness (QED) is 0.506. The van der Waals surface area contributed by atoms with E-state index in [0.29, 0.717) is 0 Å². The lowest BCUT2D eigenvalue weighted by molar-refractivity contribution is 1.10. The Morgan fingerprint density at radius 2 is 2.00 bits per heavy atom. The molecular weight excluding hydrogens is 296 g/mol. The van der Waals surface area contributed by atoms with Crippen LogP contribution in [0.2, 0.25) is 5.02 Å². The van der Waals surface area contributed by atoms with E-state index in [0.717, 1.165) is 21.3 Å². The van der Waals surface area contributed by atoms with E-state index in [-0.39, 0.29) is 0 Å². The summed E-state index contributed by atoms with van der Waals surface area (Å²) < 4.78 is 1.18. The summed E-state index contributed by atoms with van der Waals surface area (Å²) >= 11 is 9.33. The van der Waals surface area contributed by atoms with Gasteiger partial charge in [-0.2, -0.15) is 0 Å². The SMILES string of the molecule is Cc1csc2c(SCc3ccc(Cl)cc3)ncnc12. The van der Waals surface area contributed by atoms with Gasteiger partial charge in [0.25, 0.3) is 0 Å². The number of hydrogen-bond acceptors (Lipinski definition) is 4. The van der Waals surface area contributed by atoms with Crippen molar-refractivity contribution in [1.82, 2.24) is 9.97 Å². The highest BCUT2D eigenvalue weighted by Crippen LogP contribution is 2.32. The Morgan fingerprint density at radius 3 is 2.79 bits per heavy atom. The second kappa shape index (κ2) is 5.49. The molecule has 0 fully saturated rings. The molecule has 0 spiro atoms. The highest BCUT2D eigenvalue weighted by Gasteiger charge is 2.08. The summed E-state index contributed by atoms with van der Waals surface area (Å²) in [5, 5.41) is 3.95. The number of rotatable bonds is 3. The summed E-state index contributed by atoms with van der Waals surface area (Å²) in [6, 6.07) is 7.94. The van der Waals surface area contributed by atoms with Crippen LogP contribution >= 0.6 is 34.7 Å². The molecule has 3 rings (SSSR count).